The van der Waals surface area contributed by atoms with Gasteiger partial charge in [-0.2, -0.15) is 8.78 Å². The van der Waals surface area contributed by atoms with Gasteiger partial charge in [-0.05, 0) is 43.7 Å². The van der Waals surface area contributed by atoms with Crippen LogP contribution in [0.15, 0.2) is 66.7 Å². The average molecular weight is 453 g/mol. The topological polar surface area (TPSA) is 81.7 Å². The first kappa shape index (κ1) is 23.6. The highest BCUT2D eigenvalue weighted by Crippen LogP contribution is 2.25. The number of nitrogens with one attached hydrogen (secondary N) is 1. The zero-order valence-electron chi connectivity index (χ0n) is 17.9. The number of ether oxygens (including phenoxy) is 2. The summed E-state index contributed by atoms with van der Waals surface area (Å²) < 4.78 is 34.5. The van der Waals surface area contributed by atoms with Gasteiger partial charge in [0.2, 0.25) is 0 Å². The number of aryl methyl sites for hydroxylation is 2. The summed E-state index contributed by atoms with van der Waals surface area (Å²) in [5.41, 5.74) is 2.28. The van der Waals surface area contributed by atoms with Crippen LogP contribution in [0.3, 0.4) is 0 Å². The number of benzene rings is 3. The first-order chi connectivity index (χ1) is 15.8. The fourth-order valence-corrected chi connectivity index (χ4v) is 3.15. The molecule has 0 aromatic heterocycles. The van der Waals surface area contributed by atoms with E-state index in [1.807, 2.05) is 19.1 Å². The number of ketones is 1. The van der Waals surface area contributed by atoms with Gasteiger partial charge in [-0.25, -0.2) is 4.79 Å². The molecule has 0 radical (unpaired) electrons. The zero-order valence-corrected chi connectivity index (χ0v) is 17.9. The second-order valence-corrected chi connectivity index (χ2v) is 7.19. The third-order valence-corrected chi connectivity index (χ3v) is 4.74. The molecule has 0 fully saturated rings. The number of hydrogen-bond donors (Lipinski definition) is 1. The normalized spacial score (nSPS) is 10.6. The lowest BCUT2D eigenvalue weighted by atomic mass is 9.94. The number of para-hydroxylation sites is 2. The van der Waals surface area contributed by atoms with Gasteiger partial charge < -0.3 is 14.8 Å². The third kappa shape index (κ3) is 6.00. The highest BCUT2D eigenvalue weighted by molar-refractivity contribution is 6.15. The molecule has 0 saturated carbocycles. The van der Waals surface area contributed by atoms with E-state index < -0.39 is 25.1 Å². The molecule has 3 aromatic carbocycles. The van der Waals surface area contributed by atoms with E-state index in [2.05, 4.69) is 10.1 Å². The summed E-state index contributed by atoms with van der Waals surface area (Å²) in [6.07, 6.45) is 0. The number of halogens is 2. The maximum atomic E-state index is 13.1. The van der Waals surface area contributed by atoms with E-state index in [9.17, 15) is 23.2 Å². The van der Waals surface area contributed by atoms with Crippen LogP contribution in [0, 0.1) is 13.8 Å². The van der Waals surface area contributed by atoms with Crippen molar-refractivity contribution in [2.75, 3.05) is 11.9 Å². The summed E-state index contributed by atoms with van der Waals surface area (Å²) in [6.45, 7) is -0.0899. The molecule has 1 amide bonds. The first-order valence-corrected chi connectivity index (χ1v) is 9.98. The van der Waals surface area contributed by atoms with Crippen molar-refractivity contribution in [2.24, 2.45) is 0 Å². The Kier molecular flexibility index (Phi) is 7.50. The van der Waals surface area contributed by atoms with Crippen molar-refractivity contribution in [3.05, 3.63) is 94.5 Å². The Morgan fingerprint density at radius 3 is 2.27 bits per heavy atom. The molecule has 3 rings (SSSR count). The van der Waals surface area contributed by atoms with Gasteiger partial charge >= 0.3 is 12.6 Å². The van der Waals surface area contributed by atoms with E-state index >= 15 is 0 Å². The molecule has 0 aliphatic heterocycles. The van der Waals surface area contributed by atoms with E-state index in [0.717, 1.165) is 11.1 Å². The smallest absolute Gasteiger partial charge is 0.387 e. The van der Waals surface area contributed by atoms with Crippen LogP contribution in [0.25, 0.3) is 0 Å². The summed E-state index contributed by atoms with van der Waals surface area (Å²) >= 11 is 0. The molecule has 0 aliphatic rings. The number of carbonyl (C=O) groups excluding carboxylic acids is 3. The molecule has 0 heterocycles. The number of alkyl halides is 2. The van der Waals surface area contributed by atoms with E-state index in [-0.39, 0.29) is 28.3 Å². The predicted octanol–water partition coefficient (Wildman–Crippen LogP) is 4.93. The molecule has 3 aromatic rings. The lowest BCUT2D eigenvalue weighted by Crippen LogP contribution is -2.22. The van der Waals surface area contributed by atoms with Crippen molar-refractivity contribution in [3.8, 4) is 5.75 Å². The van der Waals surface area contributed by atoms with Gasteiger partial charge in [0.15, 0.2) is 12.4 Å². The number of carbonyl (C=O) groups is 3. The van der Waals surface area contributed by atoms with Gasteiger partial charge in [-0.3, -0.25) is 9.59 Å². The minimum absolute atomic E-state index is 0.00403. The van der Waals surface area contributed by atoms with Crippen molar-refractivity contribution in [1.82, 2.24) is 0 Å². The van der Waals surface area contributed by atoms with Crippen LogP contribution >= 0.6 is 0 Å². The summed E-state index contributed by atoms with van der Waals surface area (Å²) in [4.78, 5) is 37.9. The molecule has 6 nitrogen and oxygen atoms in total. The minimum Gasteiger partial charge on any atom is -0.452 e. The number of anilines is 1. The Hall–Kier alpha value is -4.07. The van der Waals surface area contributed by atoms with Crippen LogP contribution in [0.4, 0.5) is 14.5 Å². The van der Waals surface area contributed by atoms with Crippen molar-refractivity contribution >= 4 is 23.3 Å². The fraction of sp³-hybridized carbons (Fsp3) is 0.160. The molecule has 0 atom stereocenters. The van der Waals surface area contributed by atoms with Gasteiger partial charge in [0.05, 0.1) is 11.3 Å². The number of hydrogen-bond acceptors (Lipinski definition) is 5. The molecule has 170 valence electrons. The molecular formula is C25H21F2NO5. The van der Waals surface area contributed by atoms with Gasteiger partial charge in [0.25, 0.3) is 5.91 Å². The van der Waals surface area contributed by atoms with Crippen LogP contribution in [0.1, 0.15) is 37.4 Å². The van der Waals surface area contributed by atoms with Crippen LogP contribution in [0.5, 0.6) is 5.75 Å². The molecule has 8 heteroatoms. The molecule has 1 N–H and O–H groups in total. The number of amides is 1. The van der Waals surface area contributed by atoms with Gasteiger partial charge in [0, 0.05) is 11.1 Å². The Balaban J connectivity index is 1.72. The van der Waals surface area contributed by atoms with E-state index in [4.69, 9.17) is 4.74 Å². The van der Waals surface area contributed by atoms with E-state index in [1.165, 1.54) is 36.4 Å². The number of esters is 1. The summed E-state index contributed by atoms with van der Waals surface area (Å²) in [7, 11) is 0. The molecule has 0 unspecified atom stereocenters. The van der Waals surface area contributed by atoms with Crippen molar-refractivity contribution in [3.63, 3.8) is 0 Å². The monoisotopic (exact) mass is 453 g/mol. The maximum Gasteiger partial charge on any atom is 0.387 e. The highest BCUT2D eigenvalue weighted by atomic mass is 19.3. The largest absolute Gasteiger partial charge is 0.452 e. The molecule has 33 heavy (non-hydrogen) atoms. The number of rotatable bonds is 8. The quantitative estimate of drug-likeness (QED) is 0.386. The SMILES string of the molecule is Cc1ccc(C)c(C(=O)c2ccccc2C(=O)OCC(=O)Nc2ccccc2OC(F)F)c1. The van der Waals surface area contributed by atoms with Crippen LogP contribution in [-0.4, -0.2) is 30.9 Å². The van der Waals surface area contributed by atoms with Crippen molar-refractivity contribution < 1.29 is 32.6 Å². The van der Waals surface area contributed by atoms with Crippen LogP contribution in [0.2, 0.25) is 0 Å². The molecule has 0 bridgehead atoms. The lowest BCUT2D eigenvalue weighted by molar-refractivity contribution is -0.119. The van der Waals surface area contributed by atoms with Crippen molar-refractivity contribution in [1.29, 1.82) is 0 Å². The summed E-state index contributed by atoms with van der Waals surface area (Å²) in [5.74, 6) is -2.19. The minimum atomic E-state index is -3.06. The molecule has 0 saturated heterocycles. The van der Waals surface area contributed by atoms with Crippen molar-refractivity contribution in [2.45, 2.75) is 20.5 Å². The Labute approximate surface area is 189 Å². The second kappa shape index (κ2) is 10.5. The first-order valence-electron chi connectivity index (χ1n) is 9.98. The van der Waals surface area contributed by atoms with E-state index in [1.54, 1.807) is 25.1 Å². The maximum absolute atomic E-state index is 13.1. The standard InChI is InChI=1S/C25H21F2NO5/c1-15-11-12-16(2)19(13-15)23(30)17-7-3-4-8-18(17)24(31)32-14-22(29)28-20-9-5-6-10-21(20)33-25(26)27/h3-13,25H,14H2,1-2H3,(H,28,29). The second-order valence-electron chi connectivity index (χ2n) is 7.19. The Morgan fingerprint density at radius 1 is 0.879 bits per heavy atom. The summed E-state index contributed by atoms with van der Waals surface area (Å²) in [5, 5.41) is 2.36. The highest BCUT2D eigenvalue weighted by Gasteiger charge is 2.21. The van der Waals surface area contributed by atoms with E-state index in [0.29, 0.717) is 5.56 Å². The Bertz CT molecular complexity index is 1190. The van der Waals surface area contributed by atoms with Crippen LogP contribution in [-0.2, 0) is 9.53 Å². The van der Waals surface area contributed by atoms with Crippen LogP contribution < -0.4 is 10.1 Å². The summed E-state index contributed by atoms with van der Waals surface area (Å²) in [6, 6.07) is 17.2. The fourth-order valence-electron chi connectivity index (χ4n) is 3.15. The predicted molar refractivity (Wildman–Crippen MR) is 118 cm³/mol. The molecule has 0 spiro atoms. The zero-order chi connectivity index (χ0) is 24.0. The lowest BCUT2D eigenvalue weighted by Gasteiger charge is -2.13. The van der Waals surface area contributed by atoms with Gasteiger partial charge in [-0.1, -0.05) is 48.0 Å². The molecule has 0 aliphatic carbocycles. The van der Waals surface area contributed by atoms with Gasteiger partial charge in [0.1, 0.15) is 5.75 Å². The third-order valence-electron chi connectivity index (χ3n) is 4.74. The molecular weight excluding hydrogens is 432 g/mol. The van der Waals surface area contributed by atoms with Gasteiger partial charge in [-0.15, -0.1) is 0 Å². The average Bonchev–Trinajstić information content (AvgIpc) is 2.79. The Morgan fingerprint density at radius 2 is 1.55 bits per heavy atom.